The number of anilines is 1. The van der Waals surface area contributed by atoms with Crippen molar-refractivity contribution in [2.75, 3.05) is 11.9 Å². The number of carbonyl (C=O) groups excluding carboxylic acids is 1. The van der Waals surface area contributed by atoms with Crippen LogP contribution in [0.25, 0.3) is 0 Å². The van der Waals surface area contributed by atoms with Gasteiger partial charge in [0.2, 0.25) is 0 Å². The summed E-state index contributed by atoms with van der Waals surface area (Å²) in [5, 5.41) is 3.04. The molecule has 3 rings (SSSR count). The van der Waals surface area contributed by atoms with Gasteiger partial charge in [-0.15, -0.1) is 0 Å². The Morgan fingerprint density at radius 3 is 2.52 bits per heavy atom. The van der Waals surface area contributed by atoms with Crippen molar-refractivity contribution in [3.05, 3.63) is 89.2 Å². The molecule has 0 saturated carbocycles. The number of rotatable bonds is 8. The smallest absolute Gasteiger partial charge is 0.322 e. The molecule has 0 fully saturated rings. The van der Waals surface area contributed by atoms with Crippen LogP contribution < -0.4 is 5.32 Å². The monoisotopic (exact) mass is 389 g/mol. The third kappa shape index (κ3) is 5.98. The van der Waals surface area contributed by atoms with Gasteiger partial charge in [-0.05, 0) is 50.1 Å². The average Bonchev–Trinajstić information content (AvgIpc) is 3.13. The predicted octanol–water partition coefficient (Wildman–Crippen LogP) is 5.99. The van der Waals surface area contributed by atoms with Crippen molar-refractivity contribution in [1.29, 1.82) is 0 Å². The SMILES string of the molecule is CCCCN(Cc1cccn1Cc1cccc(C)c1)C(=O)Nc1ccc(C)cc1. The fourth-order valence-electron chi connectivity index (χ4n) is 3.39. The summed E-state index contributed by atoms with van der Waals surface area (Å²) < 4.78 is 2.23. The number of hydrogen-bond acceptors (Lipinski definition) is 1. The number of unbranched alkanes of at least 4 members (excludes halogenated alkanes) is 1. The molecular weight excluding hydrogens is 358 g/mol. The van der Waals surface area contributed by atoms with Gasteiger partial charge in [0.05, 0.1) is 6.54 Å². The van der Waals surface area contributed by atoms with Crippen LogP contribution in [0.2, 0.25) is 0 Å². The minimum absolute atomic E-state index is 0.0504. The molecule has 0 aliphatic carbocycles. The van der Waals surface area contributed by atoms with Gasteiger partial charge in [-0.1, -0.05) is 60.9 Å². The second kappa shape index (κ2) is 9.97. The lowest BCUT2D eigenvalue weighted by Gasteiger charge is -2.24. The topological polar surface area (TPSA) is 37.3 Å². The molecule has 0 saturated heterocycles. The second-order valence-electron chi connectivity index (χ2n) is 7.69. The first-order chi connectivity index (χ1) is 14.0. The van der Waals surface area contributed by atoms with Crippen molar-refractivity contribution in [1.82, 2.24) is 9.47 Å². The lowest BCUT2D eigenvalue weighted by Crippen LogP contribution is -2.36. The van der Waals surface area contributed by atoms with Crippen LogP contribution in [0.1, 0.15) is 42.1 Å². The zero-order chi connectivity index (χ0) is 20.6. The fourth-order valence-corrected chi connectivity index (χ4v) is 3.39. The summed E-state index contributed by atoms with van der Waals surface area (Å²) >= 11 is 0. The number of hydrogen-bond donors (Lipinski definition) is 1. The Hall–Kier alpha value is -3.01. The van der Waals surface area contributed by atoms with Crippen molar-refractivity contribution < 1.29 is 4.79 Å². The van der Waals surface area contributed by atoms with E-state index in [1.54, 1.807) is 0 Å². The molecule has 0 aliphatic heterocycles. The van der Waals surface area contributed by atoms with E-state index in [2.05, 4.69) is 66.3 Å². The van der Waals surface area contributed by atoms with E-state index in [0.717, 1.165) is 37.3 Å². The van der Waals surface area contributed by atoms with E-state index in [1.165, 1.54) is 16.7 Å². The number of benzene rings is 2. The first-order valence-electron chi connectivity index (χ1n) is 10.4. The Morgan fingerprint density at radius 2 is 1.79 bits per heavy atom. The van der Waals surface area contributed by atoms with Crippen LogP contribution >= 0.6 is 0 Å². The number of amides is 2. The van der Waals surface area contributed by atoms with E-state index >= 15 is 0 Å². The first-order valence-corrected chi connectivity index (χ1v) is 10.4. The molecule has 0 bridgehead atoms. The maximum absolute atomic E-state index is 12.9. The van der Waals surface area contributed by atoms with Crippen LogP contribution in [0.3, 0.4) is 0 Å². The Labute approximate surface area is 174 Å². The highest BCUT2D eigenvalue weighted by Gasteiger charge is 2.16. The van der Waals surface area contributed by atoms with Crippen molar-refractivity contribution in [3.8, 4) is 0 Å². The molecule has 0 radical (unpaired) electrons. The molecule has 4 heteroatoms. The van der Waals surface area contributed by atoms with Gasteiger partial charge in [-0.25, -0.2) is 4.79 Å². The number of aromatic nitrogens is 1. The molecule has 3 aromatic rings. The van der Waals surface area contributed by atoms with Crippen LogP contribution in [0.15, 0.2) is 66.9 Å². The lowest BCUT2D eigenvalue weighted by molar-refractivity contribution is 0.207. The Balaban J connectivity index is 1.72. The van der Waals surface area contributed by atoms with Gasteiger partial charge < -0.3 is 14.8 Å². The molecule has 1 aromatic heterocycles. The van der Waals surface area contributed by atoms with Crippen LogP contribution in [0, 0.1) is 13.8 Å². The van der Waals surface area contributed by atoms with E-state index in [4.69, 9.17) is 0 Å². The fraction of sp³-hybridized carbons (Fsp3) is 0.320. The molecule has 4 nitrogen and oxygen atoms in total. The van der Waals surface area contributed by atoms with Crippen molar-refractivity contribution >= 4 is 11.7 Å². The van der Waals surface area contributed by atoms with Gasteiger partial charge in [0.15, 0.2) is 0 Å². The number of urea groups is 1. The first kappa shape index (κ1) is 20.7. The van der Waals surface area contributed by atoms with Crippen molar-refractivity contribution in [2.24, 2.45) is 0 Å². The third-order valence-electron chi connectivity index (χ3n) is 5.08. The summed E-state index contributed by atoms with van der Waals surface area (Å²) in [6, 6.07) is 20.6. The van der Waals surface area contributed by atoms with Crippen molar-refractivity contribution in [2.45, 2.75) is 46.7 Å². The Bertz CT molecular complexity index is 927. The summed E-state index contributed by atoms with van der Waals surface area (Å²) in [5.41, 5.74) is 5.68. The summed E-state index contributed by atoms with van der Waals surface area (Å²) in [7, 11) is 0. The number of carbonyl (C=O) groups is 1. The van der Waals surface area contributed by atoms with E-state index in [1.807, 2.05) is 36.1 Å². The van der Waals surface area contributed by atoms with Crippen LogP contribution in [0.4, 0.5) is 10.5 Å². The zero-order valence-corrected chi connectivity index (χ0v) is 17.7. The van der Waals surface area contributed by atoms with E-state index in [9.17, 15) is 4.79 Å². The number of nitrogens with one attached hydrogen (secondary N) is 1. The highest BCUT2D eigenvalue weighted by Crippen LogP contribution is 2.15. The van der Waals surface area contributed by atoms with Crippen molar-refractivity contribution in [3.63, 3.8) is 0 Å². The van der Waals surface area contributed by atoms with Gasteiger partial charge in [0.25, 0.3) is 0 Å². The molecule has 0 unspecified atom stereocenters. The van der Waals surface area contributed by atoms with Crippen LogP contribution in [0.5, 0.6) is 0 Å². The highest BCUT2D eigenvalue weighted by atomic mass is 16.2. The van der Waals surface area contributed by atoms with E-state index in [0.29, 0.717) is 6.54 Å². The molecule has 0 spiro atoms. The van der Waals surface area contributed by atoms with Gasteiger partial charge in [0, 0.05) is 30.7 Å². The molecule has 152 valence electrons. The zero-order valence-electron chi connectivity index (χ0n) is 17.7. The predicted molar refractivity (Wildman–Crippen MR) is 120 cm³/mol. The molecule has 1 heterocycles. The molecule has 29 heavy (non-hydrogen) atoms. The van der Waals surface area contributed by atoms with E-state index < -0.39 is 0 Å². The summed E-state index contributed by atoms with van der Waals surface area (Å²) in [6.45, 7) is 8.45. The molecule has 2 aromatic carbocycles. The molecule has 0 atom stereocenters. The maximum Gasteiger partial charge on any atom is 0.322 e. The van der Waals surface area contributed by atoms with Gasteiger partial charge in [-0.3, -0.25) is 0 Å². The highest BCUT2D eigenvalue weighted by molar-refractivity contribution is 5.89. The van der Waals surface area contributed by atoms with Crippen LogP contribution in [-0.2, 0) is 13.1 Å². The normalized spacial score (nSPS) is 10.7. The minimum Gasteiger partial charge on any atom is -0.345 e. The summed E-state index contributed by atoms with van der Waals surface area (Å²) in [5.74, 6) is 0. The Morgan fingerprint density at radius 1 is 1.00 bits per heavy atom. The van der Waals surface area contributed by atoms with E-state index in [-0.39, 0.29) is 6.03 Å². The number of nitrogens with zero attached hydrogens (tertiary/aromatic N) is 2. The average molecular weight is 390 g/mol. The van der Waals surface area contributed by atoms with Gasteiger partial charge in [0.1, 0.15) is 0 Å². The number of aryl methyl sites for hydroxylation is 2. The largest absolute Gasteiger partial charge is 0.345 e. The molecule has 1 N–H and O–H groups in total. The lowest BCUT2D eigenvalue weighted by atomic mass is 10.1. The van der Waals surface area contributed by atoms with Gasteiger partial charge in [-0.2, -0.15) is 0 Å². The summed E-state index contributed by atoms with van der Waals surface area (Å²) in [4.78, 5) is 14.9. The quantitative estimate of drug-likeness (QED) is 0.505. The van der Waals surface area contributed by atoms with Gasteiger partial charge >= 0.3 is 6.03 Å². The summed E-state index contributed by atoms with van der Waals surface area (Å²) in [6.07, 6.45) is 4.13. The Kier molecular flexibility index (Phi) is 7.12. The third-order valence-corrected chi connectivity index (χ3v) is 5.08. The molecular formula is C25H31N3O. The minimum atomic E-state index is -0.0504. The molecule has 0 aliphatic rings. The van der Waals surface area contributed by atoms with Crippen LogP contribution in [-0.4, -0.2) is 22.0 Å². The standard InChI is InChI=1S/C25H31N3O/c1-4-5-15-28(25(29)26-23-13-11-20(2)12-14-23)19-24-10-7-16-27(24)18-22-9-6-8-21(3)17-22/h6-14,16-17H,4-5,15,18-19H2,1-3H3,(H,26,29). The second-order valence-corrected chi connectivity index (χ2v) is 7.69. The maximum atomic E-state index is 12.9. The molecule has 2 amide bonds.